The van der Waals surface area contributed by atoms with Gasteiger partial charge in [-0.1, -0.05) is 0 Å². The number of aromatic nitrogens is 3. The number of aryl methyl sites for hydroxylation is 1. The van der Waals surface area contributed by atoms with Crippen molar-refractivity contribution < 1.29 is 4.79 Å². The van der Waals surface area contributed by atoms with Crippen molar-refractivity contribution in [2.75, 3.05) is 43.4 Å². The lowest BCUT2D eigenvalue weighted by Gasteiger charge is -2.33. The molecule has 0 bridgehead atoms. The van der Waals surface area contributed by atoms with Crippen LogP contribution in [0.4, 0.5) is 11.5 Å². The van der Waals surface area contributed by atoms with Crippen molar-refractivity contribution >= 4 is 39.0 Å². The van der Waals surface area contributed by atoms with Crippen molar-refractivity contribution in [3.63, 3.8) is 0 Å². The number of nitrogens with one attached hydrogen (secondary N) is 1. The van der Waals surface area contributed by atoms with E-state index >= 15 is 0 Å². The summed E-state index contributed by atoms with van der Waals surface area (Å²) in [7, 11) is 2.11. The molecule has 0 saturated carbocycles. The van der Waals surface area contributed by atoms with Gasteiger partial charge < -0.3 is 15.1 Å². The first kappa shape index (κ1) is 16.9. The minimum absolute atomic E-state index is 0.242. The van der Waals surface area contributed by atoms with Gasteiger partial charge in [-0.15, -0.1) is 11.3 Å². The van der Waals surface area contributed by atoms with Crippen molar-refractivity contribution in [2.45, 2.75) is 6.92 Å². The molecular formula is C18H20N6OS. The summed E-state index contributed by atoms with van der Waals surface area (Å²) in [5, 5.41) is 3.92. The molecule has 1 aliphatic rings. The normalized spacial score (nSPS) is 15.4. The predicted octanol–water partition coefficient (Wildman–Crippen LogP) is 2.40. The number of fused-ring (bicyclic) bond motifs is 1. The number of piperazine rings is 1. The van der Waals surface area contributed by atoms with Gasteiger partial charge in [-0.2, -0.15) is 0 Å². The van der Waals surface area contributed by atoms with Crippen LogP contribution in [0.1, 0.15) is 15.5 Å². The van der Waals surface area contributed by atoms with Gasteiger partial charge in [-0.05, 0) is 32.2 Å². The van der Waals surface area contributed by atoms with Crippen LogP contribution in [0.25, 0.3) is 10.2 Å². The molecule has 3 heterocycles. The second-order valence-electron chi connectivity index (χ2n) is 6.42. The molecule has 0 radical (unpaired) electrons. The van der Waals surface area contributed by atoms with E-state index in [2.05, 4.69) is 37.1 Å². The van der Waals surface area contributed by atoms with Gasteiger partial charge in [-0.25, -0.2) is 15.0 Å². The van der Waals surface area contributed by atoms with Crippen LogP contribution >= 0.6 is 11.3 Å². The second-order valence-corrected chi connectivity index (χ2v) is 7.66. The van der Waals surface area contributed by atoms with Gasteiger partial charge in [0.1, 0.15) is 17.8 Å². The topological polar surface area (TPSA) is 74.2 Å². The highest BCUT2D eigenvalue weighted by molar-refractivity contribution is 7.18. The number of anilines is 2. The fourth-order valence-electron chi connectivity index (χ4n) is 3.00. The number of likely N-dealkylation sites (N-methyl/N-ethyl adjacent to an activating group) is 1. The third-order valence-electron chi connectivity index (χ3n) is 4.46. The molecule has 4 rings (SSSR count). The van der Waals surface area contributed by atoms with E-state index in [0.717, 1.165) is 47.2 Å². The number of benzene rings is 1. The fourth-order valence-corrected chi connectivity index (χ4v) is 3.80. The summed E-state index contributed by atoms with van der Waals surface area (Å²) in [6.07, 6.45) is 1.45. The van der Waals surface area contributed by atoms with E-state index in [0.29, 0.717) is 11.4 Å². The lowest BCUT2D eigenvalue weighted by atomic mass is 10.2. The number of carbonyl (C=O) groups is 1. The Labute approximate surface area is 155 Å². The van der Waals surface area contributed by atoms with Crippen LogP contribution in [0.15, 0.2) is 30.6 Å². The first-order valence-electron chi connectivity index (χ1n) is 8.52. The van der Waals surface area contributed by atoms with E-state index in [9.17, 15) is 4.79 Å². The second kappa shape index (κ2) is 6.97. The Bertz CT molecular complexity index is 948. The highest BCUT2D eigenvalue weighted by atomic mass is 32.1. The molecule has 0 unspecified atom stereocenters. The molecule has 1 saturated heterocycles. The van der Waals surface area contributed by atoms with E-state index in [4.69, 9.17) is 0 Å². The van der Waals surface area contributed by atoms with Gasteiger partial charge in [0.25, 0.3) is 5.91 Å². The number of hydrogen-bond acceptors (Lipinski definition) is 7. The Morgan fingerprint density at radius 1 is 1.15 bits per heavy atom. The van der Waals surface area contributed by atoms with Gasteiger partial charge in [0, 0.05) is 37.9 Å². The molecule has 0 aliphatic carbocycles. The van der Waals surface area contributed by atoms with Crippen LogP contribution < -0.4 is 10.2 Å². The van der Waals surface area contributed by atoms with Crippen LogP contribution in [-0.4, -0.2) is 59.0 Å². The number of thiazole rings is 1. The van der Waals surface area contributed by atoms with Crippen molar-refractivity contribution in [1.29, 1.82) is 0 Å². The zero-order valence-electron chi connectivity index (χ0n) is 14.8. The van der Waals surface area contributed by atoms with Gasteiger partial charge in [0.05, 0.1) is 15.2 Å². The number of amides is 1. The molecule has 26 heavy (non-hydrogen) atoms. The minimum Gasteiger partial charge on any atom is -0.354 e. The summed E-state index contributed by atoms with van der Waals surface area (Å²) in [5.41, 5.74) is 1.97. The van der Waals surface area contributed by atoms with Crippen molar-refractivity contribution in [3.8, 4) is 0 Å². The van der Waals surface area contributed by atoms with Crippen LogP contribution in [0.2, 0.25) is 0 Å². The van der Waals surface area contributed by atoms with Crippen LogP contribution in [0, 0.1) is 6.92 Å². The molecule has 3 aromatic rings. The minimum atomic E-state index is -0.242. The summed E-state index contributed by atoms with van der Waals surface area (Å²) < 4.78 is 1.11. The zero-order valence-corrected chi connectivity index (χ0v) is 15.6. The molecule has 134 valence electrons. The number of carbonyl (C=O) groups excluding carboxylic acids is 1. The molecule has 1 fully saturated rings. The summed E-state index contributed by atoms with van der Waals surface area (Å²) in [4.78, 5) is 30.0. The summed E-state index contributed by atoms with van der Waals surface area (Å²) in [6.45, 7) is 5.74. The lowest BCUT2D eigenvalue weighted by molar-refractivity contribution is 0.102. The number of rotatable bonds is 3. The summed E-state index contributed by atoms with van der Waals surface area (Å²) in [6, 6.07) is 7.51. The Morgan fingerprint density at radius 2 is 1.96 bits per heavy atom. The molecule has 1 N–H and O–H groups in total. The highest BCUT2D eigenvalue weighted by Gasteiger charge is 2.17. The smallest absolute Gasteiger partial charge is 0.274 e. The third kappa shape index (κ3) is 3.51. The van der Waals surface area contributed by atoms with Crippen LogP contribution in [-0.2, 0) is 0 Å². The fraction of sp³-hybridized carbons (Fsp3) is 0.333. The zero-order chi connectivity index (χ0) is 18.1. The molecular weight excluding hydrogens is 348 g/mol. The maximum atomic E-state index is 12.6. The first-order valence-corrected chi connectivity index (χ1v) is 9.34. The third-order valence-corrected chi connectivity index (χ3v) is 5.42. The molecule has 0 spiro atoms. The van der Waals surface area contributed by atoms with Crippen molar-refractivity contribution in [2.24, 2.45) is 0 Å². The standard InChI is InChI=1S/C18H20N6OS/c1-12-21-14-9-13(3-4-16(14)26-12)22-18(25)15-10-17(20-11-19-15)24-7-5-23(2)6-8-24/h3-4,9-11H,5-8H2,1-2H3,(H,22,25). The summed E-state index contributed by atoms with van der Waals surface area (Å²) >= 11 is 1.64. The predicted molar refractivity (Wildman–Crippen MR) is 104 cm³/mol. The quantitative estimate of drug-likeness (QED) is 0.765. The van der Waals surface area contributed by atoms with Gasteiger partial charge in [0.15, 0.2) is 0 Å². The van der Waals surface area contributed by atoms with E-state index in [1.165, 1.54) is 6.33 Å². The molecule has 8 heteroatoms. The molecule has 2 aromatic heterocycles. The molecule has 1 amide bonds. The van der Waals surface area contributed by atoms with Gasteiger partial charge in [0.2, 0.25) is 0 Å². The Balaban J connectivity index is 1.51. The van der Waals surface area contributed by atoms with E-state index in [1.54, 1.807) is 17.4 Å². The van der Waals surface area contributed by atoms with Crippen molar-refractivity contribution in [3.05, 3.63) is 41.3 Å². The Morgan fingerprint density at radius 3 is 2.77 bits per heavy atom. The lowest BCUT2D eigenvalue weighted by Crippen LogP contribution is -2.44. The number of nitrogens with zero attached hydrogens (tertiary/aromatic N) is 5. The van der Waals surface area contributed by atoms with Crippen LogP contribution in [0.3, 0.4) is 0 Å². The monoisotopic (exact) mass is 368 g/mol. The van der Waals surface area contributed by atoms with Crippen LogP contribution in [0.5, 0.6) is 0 Å². The van der Waals surface area contributed by atoms with Crippen molar-refractivity contribution in [1.82, 2.24) is 19.9 Å². The number of hydrogen-bond donors (Lipinski definition) is 1. The van der Waals surface area contributed by atoms with Gasteiger partial charge in [-0.3, -0.25) is 4.79 Å². The average Bonchev–Trinajstić information content (AvgIpc) is 3.02. The van der Waals surface area contributed by atoms with E-state index in [1.807, 2.05) is 25.1 Å². The molecule has 0 atom stereocenters. The SMILES string of the molecule is Cc1nc2cc(NC(=O)c3cc(N4CCN(C)CC4)ncn3)ccc2s1. The highest BCUT2D eigenvalue weighted by Crippen LogP contribution is 2.24. The maximum absolute atomic E-state index is 12.6. The molecule has 1 aliphatic heterocycles. The summed E-state index contributed by atoms with van der Waals surface area (Å²) in [5.74, 6) is 0.554. The molecule has 1 aromatic carbocycles. The Kier molecular flexibility index (Phi) is 4.52. The Hall–Kier alpha value is -2.58. The molecule has 7 nitrogen and oxygen atoms in total. The maximum Gasteiger partial charge on any atom is 0.274 e. The van der Waals surface area contributed by atoms with E-state index in [-0.39, 0.29) is 5.91 Å². The average molecular weight is 368 g/mol. The van der Waals surface area contributed by atoms with Gasteiger partial charge >= 0.3 is 0 Å². The first-order chi connectivity index (χ1) is 12.6. The largest absolute Gasteiger partial charge is 0.354 e. The van der Waals surface area contributed by atoms with E-state index < -0.39 is 0 Å².